The molecule has 2 aromatic carbocycles. The fourth-order valence-electron chi connectivity index (χ4n) is 2.30. The largest absolute Gasteiger partial charge is 0.461 e. The second kappa shape index (κ2) is 10.1. The van der Waals surface area contributed by atoms with Crippen LogP contribution in [0.25, 0.3) is 0 Å². The zero-order chi connectivity index (χ0) is 18.8. The first kappa shape index (κ1) is 20.1. The molecule has 5 nitrogen and oxygen atoms in total. The third kappa shape index (κ3) is 6.98. The van der Waals surface area contributed by atoms with Crippen LogP contribution < -0.4 is 0 Å². The molecule has 0 atom stereocenters. The summed E-state index contributed by atoms with van der Waals surface area (Å²) in [6.07, 6.45) is 2.22. The Balaban J connectivity index is 1.58. The first-order valence-electron chi connectivity index (χ1n) is 8.63. The quantitative estimate of drug-likeness (QED) is 0.356. The van der Waals surface area contributed by atoms with E-state index in [-0.39, 0.29) is 24.1 Å². The number of hydrogen-bond acceptors (Lipinski definition) is 5. The number of esters is 1. The van der Waals surface area contributed by atoms with Crippen LogP contribution in [0, 0.1) is 6.92 Å². The van der Waals surface area contributed by atoms with E-state index in [0.717, 1.165) is 11.1 Å². The van der Waals surface area contributed by atoms with Crippen molar-refractivity contribution in [2.45, 2.75) is 44.1 Å². The van der Waals surface area contributed by atoms with Gasteiger partial charge in [0.2, 0.25) is 0 Å². The monoisotopic (exact) mass is 376 g/mol. The van der Waals surface area contributed by atoms with Crippen LogP contribution in [0.15, 0.2) is 59.5 Å². The maximum Gasteiger partial charge on any atom is 0.306 e. The van der Waals surface area contributed by atoms with Gasteiger partial charge in [0.1, 0.15) is 6.61 Å². The molecule has 26 heavy (non-hydrogen) atoms. The first-order valence-corrected chi connectivity index (χ1v) is 10.0. The summed E-state index contributed by atoms with van der Waals surface area (Å²) in [5.74, 6) is -0.248. The molecule has 0 N–H and O–H groups in total. The van der Waals surface area contributed by atoms with Gasteiger partial charge in [-0.15, -0.1) is 0 Å². The molecule has 0 aliphatic rings. The summed E-state index contributed by atoms with van der Waals surface area (Å²) in [5.41, 5.74) is 1.94. The number of carbonyl (C=O) groups is 1. The SMILES string of the molecule is Cc1ccc(S(=O)(=O)OCCCCCC(=O)OCc2ccccc2)cc1. The minimum absolute atomic E-state index is 0.106. The van der Waals surface area contributed by atoms with Crippen LogP contribution in [-0.4, -0.2) is 21.0 Å². The van der Waals surface area contributed by atoms with Gasteiger partial charge in [-0.05, 0) is 37.5 Å². The first-order chi connectivity index (χ1) is 12.5. The summed E-state index contributed by atoms with van der Waals surface area (Å²) in [5, 5.41) is 0. The standard InChI is InChI=1S/C20H24O5S/c1-17-11-13-19(14-12-17)26(22,23)25-15-7-3-6-10-20(21)24-16-18-8-4-2-5-9-18/h2,4-5,8-9,11-14H,3,6-7,10,15-16H2,1H3. The van der Waals surface area contributed by atoms with Gasteiger partial charge in [0.25, 0.3) is 10.1 Å². The van der Waals surface area contributed by atoms with Crippen molar-refractivity contribution >= 4 is 16.1 Å². The van der Waals surface area contributed by atoms with E-state index < -0.39 is 10.1 Å². The molecule has 6 heteroatoms. The summed E-state index contributed by atoms with van der Waals surface area (Å²) in [6, 6.07) is 16.0. The minimum atomic E-state index is -3.71. The van der Waals surface area contributed by atoms with E-state index in [4.69, 9.17) is 8.92 Å². The lowest BCUT2D eigenvalue weighted by molar-refractivity contribution is -0.145. The summed E-state index contributed by atoms with van der Waals surface area (Å²) in [7, 11) is -3.71. The van der Waals surface area contributed by atoms with Crippen LogP contribution in [-0.2, 0) is 30.4 Å². The van der Waals surface area contributed by atoms with E-state index in [2.05, 4.69) is 0 Å². The van der Waals surface area contributed by atoms with Gasteiger partial charge < -0.3 is 4.74 Å². The lowest BCUT2D eigenvalue weighted by Crippen LogP contribution is -2.08. The lowest BCUT2D eigenvalue weighted by atomic mass is 10.2. The van der Waals surface area contributed by atoms with Gasteiger partial charge in [-0.25, -0.2) is 0 Å². The average Bonchev–Trinajstić information content (AvgIpc) is 2.64. The van der Waals surface area contributed by atoms with E-state index in [0.29, 0.717) is 25.7 Å². The third-order valence-electron chi connectivity index (χ3n) is 3.82. The molecule has 0 aliphatic carbocycles. The molecule has 140 valence electrons. The van der Waals surface area contributed by atoms with E-state index >= 15 is 0 Å². The van der Waals surface area contributed by atoms with Crippen LogP contribution in [0.3, 0.4) is 0 Å². The zero-order valence-electron chi connectivity index (χ0n) is 14.9. The van der Waals surface area contributed by atoms with Crippen LogP contribution in [0.4, 0.5) is 0 Å². The van der Waals surface area contributed by atoms with Crippen molar-refractivity contribution in [3.8, 4) is 0 Å². The number of ether oxygens (including phenoxy) is 1. The number of carbonyl (C=O) groups excluding carboxylic acids is 1. The van der Waals surface area contributed by atoms with Crippen molar-refractivity contribution in [2.24, 2.45) is 0 Å². The van der Waals surface area contributed by atoms with Crippen molar-refractivity contribution in [1.82, 2.24) is 0 Å². The zero-order valence-corrected chi connectivity index (χ0v) is 15.7. The highest BCUT2D eigenvalue weighted by Gasteiger charge is 2.14. The van der Waals surface area contributed by atoms with Gasteiger partial charge in [-0.2, -0.15) is 8.42 Å². The number of hydrogen-bond donors (Lipinski definition) is 0. The van der Waals surface area contributed by atoms with Crippen LogP contribution in [0.2, 0.25) is 0 Å². The second-order valence-corrected chi connectivity index (χ2v) is 7.66. The molecule has 0 amide bonds. The highest BCUT2D eigenvalue weighted by atomic mass is 32.2. The molecule has 2 rings (SSSR count). The molecule has 0 heterocycles. The molecule has 0 bridgehead atoms. The number of rotatable bonds is 10. The van der Waals surface area contributed by atoms with Gasteiger partial charge in [0.05, 0.1) is 11.5 Å². The number of benzene rings is 2. The van der Waals surface area contributed by atoms with E-state index in [1.165, 1.54) is 12.1 Å². The fourth-order valence-corrected chi connectivity index (χ4v) is 3.24. The van der Waals surface area contributed by atoms with Crippen molar-refractivity contribution in [3.05, 3.63) is 65.7 Å². The Morgan fingerprint density at radius 1 is 0.923 bits per heavy atom. The molecule has 0 unspecified atom stereocenters. The molecular weight excluding hydrogens is 352 g/mol. The predicted molar refractivity (Wildman–Crippen MR) is 99.0 cm³/mol. The highest BCUT2D eigenvalue weighted by molar-refractivity contribution is 7.86. The Morgan fingerprint density at radius 3 is 2.31 bits per heavy atom. The van der Waals surface area contributed by atoms with Crippen molar-refractivity contribution < 1.29 is 22.1 Å². The molecule has 0 fully saturated rings. The Hall–Kier alpha value is -2.18. The van der Waals surface area contributed by atoms with Gasteiger partial charge in [0, 0.05) is 6.42 Å². The van der Waals surface area contributed by atoms with Gasteiger partial charge >= 0.3 is 5.97 Å². The lowest BCUT2D eigenvalue weighted by Gasteiger charge is -2.07. The molecular formula is C20H24O5S. The highest BCUT2D eigenvalue weighted by Crippen LogP contribution is 2.14. The van der Waals surface area contributed by atoms with Crippen LogP contribution in [0.1, 0.15) is 36.8 Å². The Kier molecular flexibility index (Phi) is 7.81. The maximum absolute atomic E-state index is 12.0. The third-order valence-corrected chi connectivity index (χ3v) is 5.14. The van der Waals surface area contributed by atoms with E-state index in [1.54, 1.807) is 12.1 Å². The summed E-state index contributed by atoms with van der Waals surface area (Å²) in [6.45, 7) is 2.27. The molecule has 0 radical (unpaired) electrons. The second-order valence-electron chi connectivity index (χ2n) is 6.05. The molecule has 0 aromatic heterocycles. The fraction of sp³-hybridized carbons (Fsp3) is 0.350. The Bertz CT molecular complexity index is 783. The Morgan fingerprint density at radius 2 is 1.62 bits per heavy atom. The summed E-state index contributed by atoms with van der Waals surface area (Å²) in [4.78, 5) is 11.8. The summed E-state index contributed by atoms with van der Waals surface area (Å²) >= 11 is 0. The van der Waals surface area contributed by atoms with Gasteiger partial charge in [0.15, 0.2) is 0 Å². The molecule has 0 spiro atoms. The molecule has 0 saturated carbocycles. The van der Waals surface area contributed by atoms with Crippen LogP contribution in [0.5, 0.6) is 0 Å². The van der Waals surface area contributed by atoms with Gasteiger partial charge in [-0.3, -0.25) is 8.98 Å². The normalized spacial score (nSPS) is 11.3. The van der Waals surface area contributed by atoms with Crippen molar-refractivity contribution in [2.75, 3.05) is 6.61 Å². The number of aryl methyl sites for hydroxylation is 1. The number of unbranched alkanes of at least 4 members (excludes halogenated alkanes) is 2. The van der Waals surface area contributed by atoms with E-state index in [1.807, 2.05) is 37.3 Å². The molecule has 0 saturated heterocycles. The smallest absolute Gasteiger partial charge is 0.306 e. The summed E-state index contributed by atoms with van der Waals surface area (Å²) < 4.78 is 34.2. The molecule has 2 aromatic rings. The molecule has 0 aliphatic heterocycles. The topological polar surface area (TPSA) is 69.7 Å². The average molecular weight is 376 g/mol. The van der Waals surface area contributed by atoms with Crippen molar-refractivity contribution in [1.29, 1.82) is 0 Å². The van der Waals surface area contributed by atoms with Gasteiger partial charge in [-0.1, -0.05) is 54.4 Å². The van der Waals surface area contributed by atoms with E-state index in [9.17, 15) is 13.2 Å². The maximum atomic E-state index is 12.0. The Labute approximate surface area is 155 Å². The predicted octanol–water partition coefficient (Wildman–Crippen LogP) is 4.00. The van der Waals surface area contributed by atoms with Crippen molar-refractivity contribution in [3.63, 3.8) is 0 Å². The minimum Gasteiger partial charge on any atom is -0.461 e. The van der Waals surface area contributed by atoms with Crippen LogP contribution >= 0.6 is 0 Å².